The SMILES string of the molecule is CCc1nc2n(n1)CCCC2NC(=O)Nc1cc(C)ccc1Oc1ccccc1. The van der Waals surface area contributed by atoms with Crippen molar-refractivity contribution in [2.45, 2.75) is 45.7 Å². The van der Waals surface area contributed by atoms with Gasteiger partial charge >= 0.3 is 6.03 Å². The van der Waals surface area contributed by atoms with Crippen LogP contribution in [0.2, 0.25) is 0 Å². The lowest BCUT2D eigenvalue weighted by Gasteiger charge is -2.23. The van der Waals surface area contributed by atoms with Gasteiger partial charge in [-0.2, -0.15) is 5.10 Å². The van der Waals surface area contributed by atoms with Crippen LogP contribution < -0.4 is 15.4 Å². The third-order valence-electron chi connectivity index (χ3n) is 4.89. The van der Waals surface area contributed by atoms with Gasteiger partial charge in [0.15, 0.2) is 11.6 Å². The molecule has 0 bridgehead atoms. The number of para-hydroxylation sites is 1. The monoisotopic (exact) mass is 391 g/mol. The maximum atomic E-state index is 12.7. The first kappa shape index (κ1) is 19.0. The van der Waals surface area contributed by atoms with Crippen LogP contribution in [0.25, 0.3) is 0 Å². The van der Waals surface area contributed by atoms with E-state index in [0.717, 1.165) is 43.0 Å². The number of benzene rings is 2. The zero-order valence-electron chi connectivity index (χ0n) is 16.7. The number of amides is 2. The first-order valence-corrected chi connectivity index (χ1v) is 9.97. The number of ether oxygens (including phenoxy) is 1. The van der Waals surface area contributed by atoms with E-state index in [1.54, 1.807) is 0 Å². The average molecular weight is 391 g/mol. The van der Waals surface area contributed by atoms with Crippen LogP contribution in [0.5, 0.6) is 11.5 Å². The van der Waals surface area contributed by atoms with Crippen LogP contribution in [0.15, 0.2) is 48.5 Å². The highest BCUT2D eigenvalue weighted by molar-refractivity contribution is 5.91. The lowest BCUT2D eigenvalue weighted by atomic mass is 10.1. The van der Waals surface area contributed by atoms with E-state index in [-0.39, 0.29) is 12.1 Å². The Balaban J connectivity index is 1.49. The number of aryl methyl sites for hydroxylation is 3. The molecule has 0 saturated heterocycles. The van der Waals surface area contributed by atoms with Crippen molar-refractivity contribution >= 4 is 11.7 Å². The van der Waals surface area contributed by atoms with E-state index in [1.165, 1.54) is 0 Å². The van der Waals surface area contributed by atoms with Gasteiger partial charge in [-0.3, -0.25) is 0 Å². The summed E-state index contributed by atoms with van der Waals surface area (Å²) in [7, 11) is 0. The summed E-state index contributed by atoms with van der Waals surface area (Å²) in [5.74, 6) is 2.95. The Hall–Kier alpha value is -3.35. The van der Waals surface area contributed by atoms with Crippen LogP contribution in [0.4, 0.5) is 10.5 Å². The third kappa shape index (κ3) is 4.39. The Morgan fingerprint density at radius 2 is 2.07 bits per heavy atom. The molecule has 2 amide bonds. The fourth-order valence-corrected chi connectivity index (χ4v) is 3.45. The van der Waals surface area contributed by atoms with E-state index in [1.807, 2.05) is 67.1 Å². The average Bonchev–Trinajstić information content (AvgIpc) is 3.15. The highest BCUT2D eigenvalue weighted by Gasteiger charge is 2.25. The molecular formula is C22H25N5O2. The second kappa shape index (κ2) is 8.34. The van der Waals surface area contributed by atoms with E-state index in [0.29, 0.717) is 17.2 Å². The number of anilines is 1. The number of fused-ring (bicyclic) bond motifs is 1. The first-order chi connectivity index (χ1) is 14.1. The molecule has 4 rings (SSSR count). The first-order valence-electron chi connectivity index (χ1n) is 9.97. The minimum Gasteiger partial charge on any atom is -0.455 e. The van der Waals surface area contributed by atoms with Crippen molar-refractivity contribution in [3.05, 3.63) is 65.7 Å². The van der Waals surface area contributed by atoms with Crippen LogP contribution in [-0.2, 0) is 13.0 Å². The summed E-state index contributed by atoms with van der Waals surface area (Å²) in [6, 6.07) is 14.8. The van der Waals surface area contributed by atoms with Crippen molar-refractivity contribution in [3.8, 4) is 11.5 Å². The number of nitrogens with zero attached hydrogens (tertiary/aromatic N) is 3. The molecule has 7 heteroatoms. The van der Waals surface area contributed by atoms with Crippen molar-refractivity contribution in [2.75, 3.05) is 5.32 Å². The zero-order valence-corrected chi connectivity index (χ0v) is 16.7. The van der Waals surface area contributed by atoms with Gasteiger partial charge < -0.3 is 15.4 Å². The van der Waals surface area contributed by atoms with E-state index in [2.05, 4.69) is 20.7 Å². The smallest absolute Gasteiger partial charge is 0.319 e. The molecule has 0 saturated carbocycles. The lowest BCUT2D eigenvalue weighted by Crippen LogP contribution is -2.36. The standard InChI is InChI=1S/C22H25N5O2/c1-3-20-25-21-17(10-7-13-27(21)26-20)23-22(28)24-18-14-15(2)11-12-19(18)29-16-8-5-4-6-9-16/h4-6,8-9,11-12,14,17H,3,7,10,13H2,1-2H3,(H2,23,24,28). The fourth-order valence-electron chi connectivity index (χ4n) is 3.45. The normalized spacial score (nSPS) is 15.4. The summed E-state index contributed by atoms with van der Waals surface area (Å²) in [5.41, 5.74) is 1.66. The lowest BCUT2D eigenvalue weighted by molar-refractivity contribution is 0.244. The van der Waals surface area contributed by atoms with Gasteiger partial charge in [-0.05, 0) is 49.6 Å². The summed E-state index contributed by atoms with van der Waals surface area (Å²) < 4.78 is 7.87. The Morgan fingerprint density at radius 1 is 1.24 bits per heavy atom. The third-order valence-corrected chi connectivity index (χ3v) is 4.89. The number of aromatic nitrogens is 3. The summed E-state index contributed by atoms with van der Waals surface area (Å²) in [6.45, 7) is 4.85. The molecule has 0 radical (unpaired) electrons. The molecule has 7 nitrogen and oxygen atoms in total. The molecule has 2 heterocycles. The molecule has 0 fully saturated rings. The number of carbonyl (C=O) groups is 1. The number of rotatable bonds is 5. The number of carbonyl (C=O) groups excluding carboxylic acids is 1. The molecule has 0 aliphatic carbocycles. The van der Waals surface area contributed by atoms with Crippen molar-refractivity contribution < 1.29 is 9.53 Å². The molecule has 1 aliphatic rings. The minimum absolute atomic E-state index is 0.153. The quantitative estimate of drug-likeness (QED) is 0.666. The second-order valence-corrected chi connectivity index (χ2v) is 7.17. The largest absolute Gasteiger partial charge is 0.455 e. The van der Waals surface area contributed by atoms with E-state index >= 15 is 0 Å². The van der Waals surface area contributed by atoms with E-state index < -0.39 is 0 Å². The molecule has 29 heavy (non-hydrogen) atoms. The Labute approximate surface area is 170 Å². The molecule has 3 aromatic rings. The summed E-state index contributed by atoms with van der Waals surface area (Å²) in [6.07, 6.45) is 2.58. The predicted molar refractivity (Wildman–Crippen MR) is 111 cm³/mol. The maximum Gasteiger partial charge on any atom is 0.319 e. The highest BCUT2D eigenvalue weighted by Crippen LogP contribution is 2.31. The van der Waals surface area contributed by atoms with E-state index in [4.69, 9.17) is 4.74 Å². The Morgan fingerprint density at radius 3 is 2.86 bits per heavy atom. The Bertz CT molecular complexity index is 1000. The van der Waals surface area contributed by atoms with Gasteiger partial charge in [0, 0.05) is 13.0 Å². The molecule has 1 aliphatic heterocycles. The molecule has 1 aromatic heterocycles. The fraction of sp³-hybridized carbons (Fsp3) is 0.318. The van der Waals surface area contributed by atoms with Crippen LogP contribution >= 0.6 is 0 Å². The van der Waals surface area contributed by atoms with Gasteiger partial charge in [-0.15, -0.1) is 0 Å². The molecule has 1 atom stereocenters. The predicted octanol–water partition coefficient (Wildman–Crippen LogP) is 4.60. The molecule has 150 valence electrons. The van der Waals surface area contributed by atoms with Gasteiger partial charge in [0.25, 0.3) is 0 Å². The molecule has 2 N–H and O–H groups in total. The molecule has 2 aromatic carbocycles. The second-order valence-electron chi connectivity index (χ2n) is 7.17. The molecule has 0 spiro atoms. The molecule has 1 unspecified atom stereocenters. The maximum absolute atomic E-state index is 12.7. The molecular weight excluding hydrogens is 366 g/mol. The van der Waals surface area contributed by atoms with E-state index in [9.17, 15) is 4.79 Å². The number of hydrogen-bond acceptors (Lipinski definition) is 4. The van der Waals surface area contributed by atoms with Crippen LogP contribution in [-0.4, -0.2) is 20.8 Å². The summed E-state index contributed by atoms with van der Waals surface area (Å²) in [5, 5.41) is 10.5. The van der Waals surface area contributed by atoms with Gasteiger partial charge in [0.2, 0.25) is 0 Å². The van der Waals surface area contributed by atoms with Crippen LogP contribution in [0.3, 0.4) is 0 Å². The number of nitrogens with one attached hydrogen (secondary N) is 2. The van der Waals surface area contributed by atoms with Gasteiger partial charge in [-0.25, -0.2) is 14.5 Å². The minimum atomic E-state index is -0.284. The van der Waals surface area contributed by atoms with Crippen LogP contribution in [0, 0.1) is 6.92 Å². The number of urea groups is 1. The van der Waals surface area contributed by atoms with Crippen molar-refractivity contribution in [1.29, 1.82) is 0 Å². The highest BCUT2D eigenvalue weighted by atomic mass is 16.5. The number of hydrogen-bond donors (Lipinski definition) is 2. The van der Waals surface area contributed by atoms with Crippen molar-refractivity contribution in [3.63, 3.8) is 0 Å². The zero-order chi connectivity index (χ0) is 20.2. The van der Waals surface area contributed by atoms with Crippen LogP contribution in [0.1, 0.15) is 43.0 Å². The summed E-state index contributed by atoms with van der Waals surface area (Å²) >= 11 is 0. The van der Waals surface area contributed by atoms with Crippen molar-refractivity contribution in [1.82, 2.24) is 20.1 Å². The van der Waals surface area contributed by atoms with Crippen molar-refractivity contribution in [2.24, 2.45) is 0 Å². The van der Waals surface area contributed by atoms with Gasteiger partial charge in [-0.1, -0.05) is 31.2 Å². The summed E-state index contributed by atoms with van der Waals surface area (Å²) in [4.78, 5) is 17.3. The Kier molecular flexibility index (Phi) is 5.46. The van der Waals surface area contributed by atoms with Gasteiger partial charge in [0.1, 0.15) is 11.6 Å². The topological polar surface area (TPSA) is 81.1 Å². The van der Waals surface area contributed by atoms with Gasteiger partial charge in [0.05, 0.1) is 11.7 Å².